The summed E-state index contributed by atoms with van der Waals surface area (Å²) in [5, 5.41) is 6.57. The van der Waals surface area contributed by atoms with Crippen molar-refractivity contribution in [3.63, 3.8) is 0 Å². The first-order valence-corrected chi connectivity index (χ1v) is 11.4. The van der Waals surface area contributed by atoms with E-state index in [1.165, 1.54) is 19.3 Å². The smallest absolute Gasteiger partial charge is 0.243 e. The number of hydrogen-bond acceptors (Lipinski definition) is 2. The Balaban J connectivity index is 1.56. The minimum atomic E-state index is -0.126. The zero-order chi connectivity index (χ0) is 20.3. The normalized spacial score (nSPS) is 44.9. The number of rotatable bonds is 3. The average molecular weight is 387 g/mol. The molecule has 2 unspecified atom stereocenters. The van der Waals surface area contributed by atoms with Gasteiger partial charge in [0.05, 0.1) is 0 Å². The summed E-state index contributed by atoms with van der Waals surface area (Å²) >= 11 is 0. The highest BCUT2D eigenvalue weighted by Crippen LogP contribution is 2.65. The summed E-state index contributed by atoms with van der Waals surface area (Å²) in [5.74, 6) is 2.43. The Morgan fingerprint density at radius 3 is 2.64 bits per heavy atom. The summed E-state index contributed by atoms with van der Waals surface area (Å²) in [4.78, 5) is 25.1. The molecule has 3 fully saturated rings. The summed E-state index contributed by atoms with van der Waals surface area (Å²) in [7, 11) is 0. The van der Waals surface area contributed by atoms with Gasteiger partial charge in [-0.3, -0.25) is 9.59 Å². The van der Waals surface area contributed by atoms with Crippen LogP contribution in [0.2, 0.25) is 0 Å². The van der Waals surface area contributed by atoms with E-state index in [0.29, 0.717) is 17.8 Å². The van der Waals surface area contributed by atoms with E-state index in [1.54, 1.807) is 6.08 Å². The Hall–Kier alpha value is -1.32. The van der Waals surface area contributed by atoms with Crippen LogP contribution >= 0.6 is 0 Å². The topological polar surface area (TPSA) is 58.2 Å². The Bertz CT molecular complexity index is 699. The highest BCUT2D eigenvalue weighted by Gasteiger charge is 2.61. The quantitative estimate of drug-likeness (QED) is 0.763. The maximum atomic E-state index is 13.2. The molecule has 3 aliphatic carbocycles. The van der Waals surface area contributed by atoms with E-state index < -0.39 is 0 Å². The summed E-state index contributed by atoms with van der Waals surface area (Å²) in [5.41, 5.74) is 0.0714. The van der Waals surface area contributed by atoms with E-state index >= 15 is 0 Å². The van der Waals surface area contributed by atoms with Crippen molar-refractivity contribution in [2.24, 2.45) is 34.5 Å². The Morgan fingerprint density at radius 2 is 1.93 bits per heavy atom. The van der Waals surface area contributed by atoms with E-state index in [2.05, 4.69) is 51.3 Å². The predicted octanol–water partition coefficient (Wildman–Crippen LogP) is 4.20. The molecule has 0 aromatic carbocycles. The number of nitrogens with one attached hydrogen (secondary N) is 2. The number of hydrogen-bond donors (Lipinski definition) is 2. The van der Waals surface area contributed by atoms with Crippen molar-refractivity contribution in [3.05, 3.63) is 12.2 Å². The zero-order valence-electron chi connectivity index (χ0n) is 18.3. The van der Waals surface area contributed by atoms with E-state index in [-0.39, 0.29) is 40.1 Å². The lowest BCUT2D eigenvalue weighted by atomic mass is 9.48. The van der Waals surface area contributed by atoms with Crippen molar-refractivity contribution in [3.8, 4) is 0 Å². The molecule has 156 valence electrons. The van der Waals surface area contributed by atoms with Gasteiger partial charge in [-0.1, -0.05) is 26.8 Å². The molecule has 0 aromatic heterocycles. The van der Waals surface area contributed by atoms with Crippen molar-refractivity contribution in [2.45, 2.75) is 91.1 Å². The van der Waals surface area contributed by atoms with Gasteiger partial charge in [0.2, 0.25) is 11.8 Å². The van der Waals surface area contributed by atoms with Gasteiger partial charge >= 0.3 is 0 Å². The van der Waals surface area contributed by atoms with Gasteiger partial charge in [-0.05, 0) is 88.0 Å². The van der Waals surface area contributed by atoms with Gasteiger partial charge in [0, 0.05) is 22.9 Å². The monoisotopic (exact) mass is 386 g/mol. The minimum Gasteiger partial charge on any atom is -0.351 e. The fourth-order valence-electron chi connectivity index (χ4n) is 7.27. The Morgan fingerprint density at radius 1 is 1.18 bits per heavy atom. The molecule has 2 amide bonds. The summed E-state index contributed by atoms with van der Waals surface area (Å²) in [6, 6.07) is 0.279. The highest BCUT2D eigenvalue weighted by molar-refractivity contribution is 5.89. The third-order valence-electron chi connectivity index (χ3n) is 9.35. The van der Waals surface area contributed by atoms with Crippen LogP contribution in [0.5, 0.6) is 0 Å². The summed E-state index contributed by atoms with van der Waals surface area (Å²) < 4.78 is 0. The maximum Gasteiger partial charge on any atom is 0.243 e. The molecule has 4 nitrogen and oxygen atoms in total. The van der Waals surface area contributed by atoms with Crippen LogP contribution < -0.4 is 10.6 Å². The lowest BCUT2D eigenvalue weighted by Crippen LogP contribution is -2.59. The van der Waals surface area contributed by atoms with Gasteiger partial charge in [0.15, 0.2) is 0 Å². The van der Waals surface area contributed by atoms with Gasteiger partial charge in [-0.15, -0.1) is 0 Å². The Labute approximate surface area is 170 Å². The largest absolute Gasteiger partial charge is 0.351 e. The lowest BCUT2D eigenvalue weighted by Gasteiger charge is -2.58. The molecule has 1 heterocycles. The molecule has 4 heteroatoms. The molecule has 1 aliphatic heterocycles. The van der Waals surface area contributed by atoms with Crippen LogP contribution in [0.25, 0.3) is 0 Å². The first kappa shape index (κ1) is 20.0. The van der Waals surface area contributed by atoms with Crippen molar-refractivity contribution in [2.75, 3.05) is 0 Å². The van der Waals surface area contributed by atoms with Crippen molar-refractivity contribution in [1.82, 2.24) is 10.6 Å². The minimum absolute atomic E-state index is 0.0673. The molecule has 4 aliphatic rings. The molecular weight excluding hydrogens is 348 g/mol. The van der Waals surface area contributed by atoms with Gasteiger partial charge in [-0.2, -0.15) is 0 Å². The van der Waals surface area contributed by atoms with Gasteiger partial charge < -0.3 is 10.6 Å². The van der Waals surface area contributed by atoms with Crippen LogP contribution in [0.15, 0.2) is 12.2 Å². The van der Waals surface area contributed by atoms with Gasteiger partial charge in [0.1, 0.15) is 0 Å². The first-order valence-electron chi connectivity index (χ1n) is 11.4. The average Bonchev–Trinajstić information content (AvgIpc) is 2.99. The van der Waals surface area contributed by atoms with Crippen LogP contribution in [0, 0.1) is 34.5 Å². The molecule has 2 N–H and O–H groups in total. The summed E-state index contributed by atoms with van der Waals surface area (Å²) in [6.45, 7) is 11.2. The first-order chi connectivity index (χ1) is 13.1. The third kappa shape index (κ3) is 2.93. The van der Waals surface area contributed by atoms with Crippen LogP contribution in [0.1, 0.15) is 79.6 Å². The lowest BCUT2D eigenvalue weighted by molar-refractivity contribution is -0.135. The number of amides is 2. The van der Waals surface area contributed by atoms with E-state index in [1.807, 2.05) is 0 Å². The predicted molar refractivity (Wildman–Crippen MR) is 111 cm³/mol. The van der Waals surface area contributed by atoms with Gasteiger partial charge in [0.25, 0.3) is 0 Å². The summed E-state index contributed by atoms with van der Waals surface area (Å²) in [6.07, 6.45) is 11.7. The molecule has 0 spiro atoms. The van der Waals surface area contributed by atoms with E-state index in [0.717, 1.165) is 25.7 Å². The standard InChI is InChI=1S/C24H38N2O2/c1-6-22(2,3)26-21(28)18-9-8-16-15-7-10-19-24(5,14-12-20(27)25-19)17(15)11-13-23(16,18)4/h12,14-19H,6-11,13H2,1-5H3,(H,25,27)(H,26,28)/t15-,16-,17+,18?,19?,23-,24+/m0/s1. The SMILES string of the molecule is CCC(C)(C)NC(=O)C1CC[C@H]2[C@@H]3CCC4NC(=O)C=C[C@]4(C)[C@@H]3CC[C@]12C. The molecule has 0 bridgehead atoms. The second kappa shape index (κ2) is 6.60. The molecule has 0 saturated heterocycles. The van der Waals surface area contributed by atoms with Crippen LogP contribution in [0.3, 0.4) is 0 Å². The molecule has 3 saturated carbocycles. The van der Waals surface area contributed by atoms with Crippen molar-refractivity contribution >= 4 is 11.8 Å². The molecule has 0 radical (unpaired) electrons. The fourth-order valence-corrected chi connectivity index (χ4v) is 7.27. The zero-order valence-corrected chi connectivity index (χ0v) is 18.3. The van der Waals surface area contributed by atoms with Crippen molar-refractivity contribution < 1.29 is 9.59 Å². The second-order valence-corrected chi connectivity index (χ2v) is 11.1. The van der Waals surface area contributed by atoms with E-state index in [4.69, 9.17) is 0 Å². The van der Waals surface area contributed by atoms with Crippen molar-refractivity contribution in [1.29, 1.82) is 0 Å². The highest BCUT2D eigenvalue weighted by atomic mass is 16.2. The second-order valence-electron chi connectivity index (χ2n) is 11.1. The molecule has 7 atom stereocenters. The number of fused-ring (bicyclic) bond motifs is 5. The van der Waals surface area contributed by atoms with E-state index in [9.17, 15) is 9.59 Å². The fraction of sp³-hybridized carbons (Fsp3) is 0.833. The van der Waals surface area contributed by atoms with Crippen LogP contribution in [0.4, 0.5) is 0 Å². The number of carbonyl (C=O) groups excluding carboxylic acids is 2. The van der Waals surface area contributed by atoms with Crippen LogP contribution in [-0.4, -0.2) is 23.4 Å². The Kier molecular flexibility index (Phi) is 4.71. The van der Waals surface area contributed by atoms with Crippen LogP contribution in [-0.2, 0) is 9.59 Å². The van der Waals surface area contributed by atoms with Gasteiger partial charge in [-0.25, -0.2) is 0 Å². The molecule has 28 heavy (non-hydrogen) atoms. The molecule has 0 aromatic rings. The maximum absolute atomic E-state index is 13.2. The molecule has 4 rings (SSSR count). The molecular formula is C24H38N2O2. The third-order valence-corrected chi connectivity index (χ3v) is 9.35. The number of carbonyl (C=O) groups is 2.